The molecule has 1 aromatic heterocycles. The van der Waals surface area contributed by atoms with E-state index in [0.717, 1.165) is 30.5 Å². The van der Waals surface area contributed by atoms with Gasteiger partial charge in [-0.15, -0.1) is 11.3 Å². The Hall–Kier alpha value is -0.990. The van der Waals surface area contributed by atoms with E-state index in [4.69, 9.17) is 0 Å². The highest BCUT2D eigenvalue weighted by molar-refractivity contribution is 7.88. The lowest BCUT2D eigenvalue weighted by Crippen LogP contribution is -2.45. The Morgan fingerprint density at radius 1 is 1.36 bits per heavy atom. The molecule has 1 atom stereocenters. The van der Waals surface area contributed by atoms with Crippen molar-refractivity contribution in [1.82, 2.24) is 14.6 Å². The first-order valence-electron chi connectivity index (χ1n) is 7.67. The second-order valence-corrected chi connectivity index (χ2v) is 9.04. The molecular weight excluding hydrogens is 322 g/mol. The molecule has 0 bridgehead atoms. The van der Waals surface area contributed by atoms with Crippen LogP contribution >= 0.6 is 11.3 Å². The average molecular weight is 343 g/mol. The summed E-state index contributed by atoms with van der Waals surface area (Å²) in [6.45, 7) is 0.826. The number of hydrogen-bond donors (Lipinski definition) is 1. The lowest BCUT2D eigenvalue weighted by Gasteiger charge is -2.21. The van der Waals surface area contributed by atoms with Crippen molar-refractivity contribution in [3.05, 3.63) is 15.6 Å². The summed E-state index contributed by atoms with van der Waals surface area (Å²) in [6, 6.07) is -0.565. The molecule has 2 aliphatic rings. The summed E-state index contributed by atoms with van der Waals surface area (Å²) in [7, 11) is -3.32. The van der Waals surface area contributed by atoms with E-state index < -0.39 is 16.1 Å². The zero-order valence-corrected chi connectivity index (χ0v) is 14.3. The fourth-order valence-corrected chi connectivity index (χ4v) is 5.38. The third-order valence-corrected chi connectivity index (χ3v) is 6.68. The van der Waals surface area contributed by atoms with Crippen molar-refractivity contribution in [2.75, 3.05) is 12.8 Å². The van der Waals surface area contributed by atoms with Crippen LogP contribution in [0.4, 0.5) is 0 Å². The largest absolute Gasteiger partial charge is 0.348 e. The van der Waals surface area contributed by atoms with Crippen LogP contribution in [0.1, 0.15) is 41.3 Å². The van der Waals surface area contributed by atoms with Crippen LogP contribution in [0.25, 0.3) is 0 Å². The van der Waals surface area contributed by atoms with E-state index in [2.05, 4.69) is 10.3 Å². The minimum atomic E-state index is -3.32. The number of hydrogen-bond acceptors (Lipinski definition) is 5. The Bertz CT molecular complexity index is 645. The van der Waals surface area contributed by atoms with Gasteiger partial charge in [-0.25, -0.2) is 13.4 Å². The highest BCUT2D eigenvalue weighted by Gasteiger charge is 2.36. The SMILES string of the molecule is CS(=O)(=O)N1CCC[C@H]1C(=O)NCc1nc2c(s1)CCCC2. The third-order valence-electron chi connectivity index (χ3n) is 4.24. The van der Waals surface area contributed by atoms with Crippen molar-refractivity contribution in [1.29, 1.82) is 0 Å². The molecule has 1 aliphatic carbocycles. The molecular formula is C14H21N3O3S2. The van der Waals surface area contributed by atoms with Gasteiger partial charge in [0.05, 0.1) is 18.5 Å². The minimum absolute atomic E-state index is 0.212. The van der Waals surface area contributed by atoms with Crippen molar-refractivity contribution in [3.8, 4) is 0 Å². The number of thiazole rings is 1. The first-order chi connectivity index (χ1) is 10.4. The second-order valence-electron chi connectivity index (χ2n) is 5.93. The summed E-state index contributed by atoms with van der Waals surface area (Å²) >= 11 is 1.67. The second kappa shape index (κ2) is 6.25. The van der Waals surface area contributed by atoms with Crippen molar-refractivity contribution in [2.45, 2.75) is 51.1 Å². The van der Waals surface area contributed by atoms with Crippen LogP contribution in [-0.4, -0.2) is 42.5 Å². The Kier molecular flexibility index (Phi) is 4.52. The predicted octanol–water partition coefficient (Wildman–Crippen LogP) is 1.06. The summed E-state index contributed by atoms with van der Waals surface area (Å²) in [5.74, 6) is -0.212. The van der Waals surface area contributed by atoms with E-state index in [9.17, 15) is 13.2 Å². The van der Waals surface area contributed by atoms with Crippen LogP contribution in [0, 0.1) is 0 Å². The van der Waals surface area contributed by atoms with Gasteiger partial charge in [0.1, 0.15) is 11.0 Å². The van der Waals surface area contributed by atoms with Gasteiger partial charge in [0.15, 0.2) is 0 Å². The molecule has 8 heteroatoms. The number of nitrogens with zero attached hydrogens (tertiary/aromatic N) is 2. The van der Waals surface area contributed by atoms with E-state index in [-0.39, 0.29) is 5.91 Å². The molecule has 1 N–H and O–H groups in total. The third kappa shape index (κ3) is 3.33. The number of rotatable bonds is 4. The average Bonchev–Trinajstić information content (AvgIpc) is 3.10. The number of carbonyl (C=O) groups is 1. The molecule has 6 nitrogen and oxygen atoms in total. The molecule has 1 aliphatic heterocycles. The highest BCUT2D eigenvalue weighted by Crippen LogP contribution is 2.27. The maximum atomic E-state index is 12.3. The molecule has 122 valence electrons. The number of amides is 1. The van der Waals surface area contributed by atoms with Crippen LogP contribution in [0.3, 0.4) is 0 Å². The smallest absolute Gasteiger partial charge is 0.238 e. The topological polar surface area (TPSA) is 79.4 Å². The normalized spacial score (nSPS) is 22.5. The molecule has 0 aromatic carbocycles. The van der Waals surface area contributed by atoms with Crippen LogP contribution < -0.4 is 5.32 Å². The fourth-order valence-electron chi connectivity index (χ4n) is 3.16. The van der Waals surface area contributed by atoms with E-state index >= 15 is 0 Å². The highest BCUT2D eigenvalue weighted by atomic mass is 32.2. The summed E-state index contributed by atoms with van der Waals surface area (Å²) in [5.41, 5.74) is 1.18. The number of aryl methyl sites for hydroxylation is 2. The van der Waals surface area contributed by atoms with Gasteiger partial charge in [-0.2, -0.15) is 4.31 Å². The summed E-state index contributed by atoms with van der Waals surface area (Å²) in [5, 5.41) is 3.78. The zero-order valence-electron chi connectivity index (χ0n) is 12.7. The van der Waals surface area contributed by atoms with Gasteiger partial charge in [-0.05, 0) is 38.5 Å². The molecule has 22 heavy (non-hydrogen) atoms. The lowest BCUT2D eigenvalue weighted by molar-refractivity contribution is -0.124. The van der Waals surface area contributed by atoms with Gasteiger partial charge in [0.25, 0.3) is 0 Å². The number of aromatic nitrogens is 1. The molecule has 1 fully saturated rings. The van der Waals surface area contributed by atoms with E-state index in [0.29, 0.717) is 19.5 Å². The van der Waals surface area contributed by atoms with Gasteiger partial charge in [0, 0.05) is 11.4 Å². The maximum absolute atomic E-state index is 12.3. The van der Waals surface area contributed by atoms with E-state index in [1.807, 2.05) is 0 Å². The lowest BCUT2D eigenvalue weighted by atomic mass is 10.0. The van der Waals surface area contributed by atoms with E-state index in [1.54, 1.807) is 11.3 Å². The Labute approximate surface area is 135 Å². The first kappa shape index (κ1) is 15.9. The van der Waals surface area contributed by atoms with Gasteiger partial charge in [-0.3, -0.25) is 4.79 Å². The first-order valence-corrected chi connectivity index (χ1v) is 10.3. The summed E-state index contributed by atoms with van der Waals surface area (Å²) in [6.07, 6.45) is 7.01. The van der Waals surface area contributed by atoms with Crippen molar-refractivity contribution in [2.24, 2.45) is 0 Å². The molecule has 2 heterocycles. The van der Waals surface area contributed by atoms with Gasteiger partial charge < -0.3 is 5.32 Å². The van der Waals surface area contributed by atoms with Crippen molar-refractivity contribution in [3.63, 3.8) is 0 Å². The van der Waals surface area contributed by atoms with E-state index in [1.165, 1.54) is 27.7 Å². The number of carbonyl (C=O) groups excluding carboxylic acids is 1. The molecule has 1 aromatic rings. The predicted molar refractivity (Wildman–Crippen MR) is 85.2 cm³/mol. The molecule has 0 saturated carbocycles. The van der Waals surface area contributed by atoms with Crippen LogP contribution in [-0.2, 0) is 34.2 Å². The van der Waals surface area contributed by atoms with Crippen LogP contribution in [0.5, 0.6) is 0 Å². The van der Waals surface area contributed by atoms with Gasteiger partial charge >= 0.3 is 0 Å². The Morgan fingerprint density at radius 2 is 2.14 bits per heavy atom. The number of sulfonamides is 1. The monoisotopic (exact) mass is 343 g/mol. The Balaban J connectivity index is 1.61. The van der Waals surface area contributed by atoms with Gasteiger partial charge in [0.2, 0.25) is 15.9 Å². The Morgan fingerprint density at radius 3 is 2.86 bits per heavy atom. The van der Waals surface area contributed by atoms with Crippen LogP contribution in [0.2, 0.25) is 0 Å². The molecule has 0 radical (unpaired) electrons. The standard InChI is InChI=1S/C14H21N3O3S2/c1-22(19,20)17-8-4-6-11(17)14(18)15-9-13-16-10-5-2-3-7-12(10)21-13/h11H,2-9H2,1H3,(H,15,18)/t11-/m0/s1. The molecule has 1 saturated heterocycles. The van der Waals surface area contributed by atoms with Gasteiger partial charge in [-0.1, -0.05) is 0 Å². The maximum Gasteiger partial charge on any atom is 0.238 e. The molecule has 1 amide bonds. The summed E-state index contributed by atoms with van der Waals surface area (Å²) < 4.78 is 24.7. The molecule has 0 unspecified atom stereocenters. The zero-order chi connectivity index (χ0) is 15.7. The van der Waals surface area contributed by atoms with Crippen LogP contribution in [0.15, 0.2) is 0 Å². The van der Waals surface area contributed by atoms with Crippen molar-refractivity contribution >= 4 is 27.3 Å². The quantitative estimate of drug-likeness (QED) is 0.887. The summed E-state index contributed by atoms with van der Waals surface area (Å²) in [4.78, 5) is 18.2. The number of fused-ring (bicyclic) bond motifs is 1. The van der Waals surface area contributed by atoms with Crippen molar-refractivity contribution < 1.29 is 13.2 Å². The minimum Gasteiger partial charge on any atom is -0.348 e. The molecule has 0 spiro atoms. The fraction of sp³-hybridized carbons (Fsp3) is 0.714. The molecule has 3 rings (SSSR count). The number of nitrogens with one attached hydrogen (secondary N) is 1.